The first-order valence-electron chi connectivity index (χ1n) is 15.1. The summed E-state index contributed by atoms with van der Waals surface area (Å²) in [6.45, 7) is 6.65. The van der Waals surface area contributed by atoms with Crippen LogP contribution in [0.4, 0.5) is 24.5 Å². The standard InChI is InChI=1S/C32H33F3N4O4S2/c1-3-36(4-2)20-14-12-19(13-15-20)24-25-26(29(42)39(28(25)41)22-11-7-6-10-21(22)32(33,34)35)44-30-27(24)45-31(43)38(30)18-23(40)37-16-8-5-9-17-37/h6-7,10-15,24-26H,3-5,8-9,16-18H2,1-2H3. The minimum absolute atomic E-state index is 0.199. The van der Waals surface area contributed by atoms with Crippen LogP contribution >= 0.6 is 23.1 Å². The van der Waals surface area contributed by atoms with Crippen molar-refractivity contribution in [1.82, 2.24) is 9.47 Å². The van der Waals surface area contributed by atoms with Crippen molar-refractivity contribution in [3.8, 4) is 0 Å². The number of hydrogen-bond acceptors (Lipinski definition) is 7. The molecule has 2 saturated heterocycles. The minimum Gasteiger partial charge on any atom is -0.372 e. The zero-order valence-corrected chi connectivity index (χ0v) is 26.5. The topological polar surface area (TPSA) is 82.9 Å². The van der Waals surface area contributed by atoms with Gasteiger partial charge in [-0.2, -0.15) is 13.2 Å². The van der Waals surface area contributed by atoms with Crippen molar-refractivity contribution in [2.45, 2.75) is 62.0 Å². The molecule has 0 radical (unpaired) electrons. The molecule has 0 spiro atoms. The van der Waals surface area contributed by atoms with Crippen LogP contribution in [0.3, 0.4) is 0 Å². The van der Waals surface area contributed by atoms with Crippen LogP contribution in [0, 0.1) is 5.92 Å². The largest absolute Gasteiger partial charge is 0.418 e. The maximum atomic E-state index is 14.1. The molecule has 238 valence electrons. The number of imide groups is 1. The molecular weight excluding hydrogens is 626 g/mol. The lowest BCUT2D eigenvalue weighted by atomic mass is 9.83. The van der Waals surface area contributed by atoms with Gasteiger partial charge in [-0.15, -0.1) is 0 Å². The van der Waals surface area contributed by atoms with Crippen LogP contribution in [0.15, 0.2) is 58.4 Å². The van der Waals surface area contributed by atoms with Gasteiger partial charge in [-0.25, -0.2) is 4.90 Å². The van der Waals surface area contributed by atoms with Gasteiger partial charge in [0.05, 0.1) is 22.2 Å². The summed E-state index contributed by atoms with van der Waals surface area (Å²) in [4.78, 5) is 59.5. The van der Waals surface area contributed by atoms with E-state index in [0.717, 1.165) is 73.3 Å². The van der Waals surface area contributed by atoms with Crippen LogP contribution in [0.5, 0.6) is 0 Å². The van der Waals surface area contributed by atoms with E-state index in [4.69, 9.17) is 0 Å². The molecule has 4 heterocycles. The zero-order valence-electron chi connectivity index (χ0n) is 24.9. The summed E-state index contributed by atoms with van der Waals surface area (Å²) in [6.07, 6.45) is -1.97. The molecule has 6 rings (SSSR count). The summed E-state index contributed by atoms with van der Waals surface area (Å²) < 4.78 is 43.5. The average molecular weight is 659 g/mol. The number of anilines is 2. The average Bonchev–Trinajstić information content (AvgIpc) is 3.48. The Morgan fingerprint density at radius 2 is 1.60 bits per heavy atom. The molecule has 0 saturated carbocycles. The van der Waals surface area contributed by atoms with Crippen molar-refractivity contribution >= 4 is 52.2 Å². The number of rotatable bonds is 7. The number of piperidine rings is 1. The van der Waals surface area contributed by atoms with E-state index in [2.05, 4.69) is 4.90 Å². The molecule has 0 N–H and O–H groups in total. The molecule has 13 heteroatoms. The van der Waals surface area contributed by atoms with Crippen molar-refractivity contribution in [3.05, 3.63) is 74.2 Å². The number of hydrogen-bond donors (Lipinski definition) is 0. The Balaban J connectivity index is 1.45. The minimum atomic E-state index is -4.79. The first-order chi connectivity index (χ1) is 21.5. The summed E-state index contributed by atoms with van der Waals surface area (Å²) >= 11 is 1.93. The van der Waals surface area contributed by atoms with Gasteiger partial charge in [0.1, 0.15) is 11.8 Å². The first kappa shape index (κ1) is 31.4. The molecule has 8 nitrogen and oxygen atoms in total. The van der Waals surface area contributed by atoms with Crippen LogP contribution in [0.2, 0.25) is 0 Å². The molecule has 3 amide bonds. The Labute approximate surface area is 266 Å². The summed E-state index contributed by atoms with van der Waals surface area (Å²) in [5.74, 6) is -3.51. The van der Waals surface area contributed by atoms with Crippen molar-refractivity contribution in [1.29, 1.82) is 0 Å². The number of thiazole rings is 1. The second-order valence-electron chi connectivity index (χ2n) is 11.4. The highest BCUT2D eigenvalue weighted by atomic mass is 32.2. The maximum absolute atomic E-state index is 14.1. The second-order valence-corrected chi connectivity index (χ2v) is 13.5. The molecule has 1 aromatic heterocycles. The Morgan fingerprint density at radius 1 is 0.933 bits per heavy atom. The third kappa shape index (κ3) is 5.58. The van der Waals surface area contributed by atoms with E-state index in [1.165, 1.54) is 16.7 Å². The number of nitrogens with zero attached hydrogens (tertiary/aromatic N) is 4. The number of carbonyl (C=O) groups excluding carboxylic acids is 3. The maximum Gasteiger partial charge on any atom is 0.418 e. The third-order valence-electron chi connectivity index (χ3n) is 8.88. The van der Waals surface area contributed by atoms with Gasteiger partial charge in [0.25, 0.3) is 0 Å². The first-order valence-corrected chi connectivity index (χ1v) is 16.8. The number of aromatic nitrogens is 1. The van der Waals surface area contributed by atoms with Gasteiger partial charge in [-0.1, -0.05) is 47.4 Å². The molecule has 45 heavy (non-hydrogen) atoms. The van der Waals surface area contributed by atoms with Gasteiger partial charge in [-0.05, 0) is 62.9 Å². The SMILES string of the molecule is CCN(CC)c1ccc(C2c3sc(=O)n(CC(=O)N4CCCCC4)c3SC3C(=O)N(c4ccccc4C(F)(F)F)C(=O)C32)cc1. The monoisotopic (exact) mass is 658 g/mol. The highest BCUT2D eigenvalue weighted by molar-refractivity contribution is 8.00. The molecule has 3 unspecified atom stereocenters. The molecule has 2 fully saturated rings. The number of fused-ring (bicyclic) bond motifs is 2. The molecule has 0 aliphatic carbocycles. The zero-order chi connectivity index (χ0) is 32.0. The predicted molar refractivity (Wildman–Crippen MR) is 168 cm³/mol. The number of benzene rings is 2. The Morgan fingerprint density at radius 3 is 2.24 bits per heavy atom. The normalized spacial score (nSPS) is 21.6. The van der Waals surface area contributed by atoms with E-state index in [1.807, 2.05) is 38.1 Å². The number of para-hydroxylation sites is 1. The Bertz CT molecular complexity index is 1680. The fourth-order valence-electron chi connectivity index (χ4n) is 6.62. The highest BCUT2D eigenvalue weighted by Crippen LogP contribution is 2.54. The van der Waals surface area contributed by atoms with Gasteiger partial charge >= 0.3 is 11.0 Å². The van der Waals surface area contributed by atoms with Crippen LogP contribution in [0.1, 0.15) is 55.0 Å². The summed E-state index contributed by atoms with van der Waals surface area (Å²) in [7, 11) is 0. The second kappa shape index (κ2) is 12.3. The Hall–Kier alpha value is -3.58. The number of alkyl halides is 3. The van der Waals surface area contributed by atoms with Gasteiger partial charge in [0.2, 0.25) is 17.7 Å². The number of halogens is 3. The molecule has 3 aliphatic rings. The van der Waals surface area contributed by atoms with E-state index < -0.39 is 46.3 Å². The van der Waals surface area contributed by atoms with E-state index in [9.17, 15) is 32.3 Å². The van der Waals surface area contributed by atoms with Gasteiger partial charge in [-0.3, -0.25) is 23.7 Å². The van der Waals surface area contributed by atoms with Crippen molar-refractivity contribution in [2.24, 2.45) is 5.92 Å². The van der Waals surface area contributed by atoms with E-state index in [-0.39, 0.29) is 17.3 Å². The predicted octanol–water partition coefficient (Wildman–Crippen LogP) is 5.58. The van der Waals surface area contributed by atoms with Crippen molar-refractivity contribution in [3.63, 3.8) is 0 Å². The Kier molecular flexibility index (Phi) is 8.59. The molecule has 3 aromatic rings. The molecule has 3 atom stereocenters. The molecule has 0 bridgehead atoms. The highest BCUT2D eigenvalue weighted by Gasteiger charge is 2.57. The van der Waals surface area contributed by atoms with Gasteiger partial charge in [0, 0.05) is 42.7 Å². The fourth-order valence-corrected chi connectivity index (χ4v) is 9.39. The van der Waals surface area contributed by atoms with E-state index in [1.54, 1.807) is 4.90 Å². The number of thioether (sulfide) groups is 1. The van der Waals surface area contributed by atoms with Crippen LogP contribution < -0.4 is 14.7 Å². The van der Waals surface area contributed by atoms with E-state index >= 15 is 0 Å². The molecule has 3 aliphatic heterocycles. The third-order valence-corrected chi connectivity index (χ3v) is 11.5. The van der Waals surface area contributed by atoms with Gasteiger partial charge < -0.3 is 9.80 Å². The van der Waals surface area contributed by atoms with Crippen LogP contribution in [-0.4, -0.2) is 58.6 Å². The number of carbonyl (C=O) groups is 3. The fraction of sp³-hybridized carbons (Fsp3) is 0.438. The summed E-state index contributed by atoms with van der Waals surface area (Å²) in [5.41, 5.74) is 0.0457. The lowest BCUT2D eigenvalue weighted by Gasteiger charge is -2.31. The van der Waals surface area contributed by atoms with Crippen LogP contribution in [0.25, 0.3) is 0 Å². The quantitative estimate of drug-likeness (QED) is 0.309. The number of amides is 3. The van der Waals surface area contributed by atoms with Crippen molar-refractivity contribution < 1.29 is 27.6 Å². The van der Waals surface area contributed by atoms with E-state index in [0.29, 0.717) is 33.5 Å². The van der Waals surface area contributed by atoms with Gasteiger partial charge in [0.15, 0.2) is 0 Å². The summed E-state index contributed by atoms with van der Waals surface area (Å²) in [5, 5.41) is -0.661. The lowest BCUT2D eigenvalue weighted by molar-refractivity contribution is -0.137. The molecular formula is C32H33F3N4O4S2. The molecule has 2 aromatic carbocycles. The van der Waals surface area contributed by atoms with Crippen molar-refractivity contribution in [2.75, 3.05) is 36.0 Å². The lowest BCUT2D eigenvalue weighted by Crippen LogP contribution is -2.39. The smallest absolute Gasteiger partial charge is 0.372 e. The summed E-state index contributed by atoms with van der Waals surface area (Å²) in [6, 6.07) is 12.1. The van der Waals surface area contributed by atoms with Crippen LogP contribution in [-0.2, 0) is 27.1 Å². The number of likely N-dealkylation sites (tertiary alicyclic amines) is 1.